The molecule has 0 fully saturated rings. The Hall–Kier alpha value is -1.51. The Labute approximate surface area is 109 Å². The average Bonchev–Trinajstić information content (AvgIpc) is 2.38. The lowest BCUT2D eigenvalue weighted by atomic mass is 10.1. The Morgan fingerprint density at radius 1 is 1.06 bits per heavy atom. The number of phenols is 1. The summed E-state index contributed by atoms with van der Waals surface area (Å²) < 4.78 is 0. The van der Waals surface area contributed by atoms with Gasteiger partial charge in [0.15, 0.2) is 0 Å². The fourth-order valence-electron chi connectivity index (χ4n) is 1.82. The van der Waals surface area contributed by atoms with Crippen LogP contribution in [0, 0.1) is 0 Å². The van der Waals surface area contributed by atoms with Gasteiger partial charge in [-0.2, -0.15) is 0 Å². The molecular formula is C15H23NO2. The van der Waals surface area contributed by atoms with Crippen molar-refractivity contribution in [3.05, 3.63) is 29.8 Å². The topological polar surface area (TPSA) is 49.3 Å². The van der Waals surface area contributed by atoms with Crippen molar-refractivity contribution >= 4 is 5.91 Å². The lowest BCUT2D eigenvalue weighted by molar-refractivity contribution is 0.0953. The Kier molecular flexibility index (Phi) is 6.92. The van der Waals surface area contributed by atoms with E-state index < -0.39 is 0 Å². The van der Waals surface area contributed by atoms with Gasteiger partial charge in [0, 0.05) is 12.1 Å². The number of unbranched alkanes of at least 4 members (excludes halogenated alkanes) is 5. The normalized spacial score (nSPS) is 10.3. The van der Waals surface area contributed by atoms with Crippen LogP contribution < -0.4 is 5.32 Å². The molecule has 1 rings (SSSR count). The van der Waals surface area contributed by atoms with Crippen molar-refractivity contribution in [2.75, 3.05) is 6.54 Å². The fourth-order valence-corrected chi connectivity index (χ4v) is 1.82. The lowest BCUT2D eigenvalue weighted by Gasteiger charge is -2.05. The Bertz CT molecular complexity index is 346. The van der Waals surface area contributed by atoms with E-state index >= 15 is 0 Å². The minimum Gasteiger partial charge on any atom is -0.508 e. The second-order valence-electron chi connectivity index (χ2n) is 4.57. The van der Waals surface area contributed by atoms with Gasteiger partial charge >= 0.3 is 0 Å². The molecule has 0 saturated carbocycles. The summed E-state index contributed by atoms with van der Waals surface area (Å²) in [7, 11) is 0. The van der Waals surface area contributed by atoms with E-state index in [1.165, 1.54) is 44.2 Å². The third-order valence-electron chi connectivity index (χ3n) is 2.95. The first-order chi connectivity index (χ1) is 8.74. The third kappa shape index (κ3) is 5.71. The smallest absolute Gasteiger partial charge is 0.251 e. The minimum atomic E-state index is -0.0661. The summed E-state index contributed by atoms with van der Waals surface area (Å²) in [6.45, 7) is 2.93. The van der Waals surface area contributed by atoms with Crippen molar-refractivity contribution in [1.82, 2.24) is 5.32 Å². The molecule has 0 aliphatic carbocycles. The highest BCUT2D eigenvalue weighted by Crippen LogP contribution is 2.09. The second-order valence-corrected chi connectivity index (χ2v) is 4.57. The number of benzene rings is 1. The van der Waals surface area contributed by atoms with Crippen LogP contribution in [0.25, 0.3) is 0 Å². The number of amides is 1. The third-order valence-corrected chi connectivity index (χ3v) is 2.95. The van der Waals surface area contributed by atoms with Gasteiger partial charge in [-0.1, -0.05) is 39.0 Å². The highest BCUT2D eigenvalue weighted by molar-refractivity contribution is 5.94. The Balaban J connectivity index is 2.12. The van der Waals surface area contributed by atoms with E-state index in [2.05, 4.69) is 12.2 Å². The molecule has 0 aliphatic heterocycles. The molecular weight excluding hydrogens is 226 g/mol. The van der Waals surface area contributed by atoms with E-state index in [-0.39, 0.29) is 11.7 Å². The number of hydrogen-bond acceptors (Lipinski definition) is 2. The van der Waals surface area contributed by atoms with Crippen molar-refractivity contribution < 1.29 is 9.90 Å². The number of hydrogen-bond donors (Lipinski definition) is 2. The van der Waals surface area contributed by atoms with Crippen LogP contribution in [-0.2, 0) is 0 Å². The van der Waals surface area contributed by atoms with E-state index in [0.717, 1.165) is 13.0 Å². The number of aromatic hydroxyl groups is 1. The molecule has 0 unspecified atom stereocenters. The standard InChI is InChI=1S/C15H23NO2/c1-2-3-4-5-6-7-12-16-15(18)13-8-10-14(17)11-9-13/h8-11,17H,2-7,12H2,1H3,(H,16,18). The number of carbonyl (C=O) groups excluding carboxylic acids is 1. The van der Waals surface area contributed by atoms with Crippen LogP contribution in [0.4, 0.5) is 0 Å². The van der Waals surface area contributed by atoms with Crippen molar-refractivity contribution in [2.45, 2.75) is 45.4 Å². The SMILES string of the molecule is CCCCCCCCNC(=O)c1ccc(O)cc1. The molecule has 0 bridgehead atoms. The highest BCUT2D eigenvalue weighted by Gasteiger charge is 2.03. The van der Waals surface area contributed by atoms with Gasteiger partial charge in [-0.15, -0.1) is 0 Å². The van der Waals surface area contributed by atoms with Crippen molar-refractivity contribution in [1.29, 1.82) is 0 Å². The average molecular weight is 249 g/mol. The fraction of sp³-hybridized carbons (Fsp3) is 0.533. The first-order valence-electron chi connectivity index (χ1n) is 6.81. The molecule has 2 N–H and O–H groups in total. The van der Waals surface area contributed by atoms with Gasteiger partial charge in [0.05, 0.1) is 0 Å². The largest absolute Gasteiger partial charge is 0.508 e. The Morgan fingerprint density at radius 2 is 1.67 bits per heavy atom. The van der Waals surface area contributed by atoms with Crippen molar-refractivity contribution in [3.8, 4) is 5.75 Å². The minimum absolute atomic E-state index is 0.0661. The van der Waals surface area contributed by atoms with E-state index in [0.29, 0.717) is 5.56 Å². The second kappa shape index (κ2) is 8.56. The summed E-state index contributed by atoms with van der Waals surface area (Å²) in [4.78, 5) is 11.7. The predicted molar refractivity (Wildman–Crippen MR) is 73.8 cm³/mol. The van der Waals surface area contributed by atoms with Crippen molar-refractivity contribution in [2.24, 2.45) is 0 Å². The maximum Gasteiger partial charge on any atom is 0.251 e. The maximum atomic E-state index is 11.7. The molecule has 3 heteroatoms. The zero-order valence-corrected chi connectivity index (χ0v) is 11.1. The molecule has 0 heterocycles. The first-order valence-corrected chi connectivity index (χ1v) is 6.81. The summed E-state index contributed by atoms with van der Waals surface area (Å²) in [6, 6.07) is 6.32. The number of phenolic OH excluding ortho intramolecular Hbond substituents is 1. The van der Waals surface area contributed by atoms with Gasteiger partial charge in [-0.05, 0) is 30.7 Å². The molecule has 0 aliphatic rings. The van der Waals surface area contributed by atoms with Crippen LogP contribution in [-0.4, -0.2) is 17.6 Å². The number of nitrogens with one attached hydrogen (secondary N) is 1. The molecule has 0 saturated heterocycles. The van der Waals surface area contributed by atoms with Crippen molar-refractivity contribution in [3.63, 3.8) is 0 Å². The maximum absolute atomic E-state index is 11.7. The summed E-state index contributed by atoms with van der Waals surface area (Å²) in [5.41, 5.74) is 0.596. The molecule has 3 nitrogen and oxygen atoms in total. The number of rotatable bonds is 8. The zero-order chi connectivity index (χ0) is 13.2. The summed E-state index contributed by atoms with van der Waals surface area (Å²) >= 11 is 0. The molecule has 0 atom stereocenters. The van der Waals surface area contributed by atoms with Crippen LogP contribution in [0.15, 0.2) is 24.3 Å². The monoisotopic (exact) mass is 249 g/mol. The summed E-state index contributed by atoms with van der Waals surface area (Å²) in [5.74, 6) is 0.117. The zero-order valence-electron chi connectivity index (χ0n) is 11.1. The van der Waals surface area contributed by atoms with Gasteiger partial charge in [0.1, 0.15) is 5.75 Å². The van der Waals surface area contributed by atoms with Gasteiger partial charge in [0.25, 0.3) is 5.91 Å². The molecule has 0 aromatic heterocycles. The van der Waals surface area contributed by atoms with Gasteiger partial charge < -0.3 is 10.4 Å². The van der Waals surface area contributed by atoms with Gasteiger partial charge in [-0.3, -0.25) is 4.79 Å². The van der Waals surface area contributed by atoms with E-state index in [4.69, 9.17) is 5.11 Å². The van der Waals surface area contributed by atoms with Crippen LogP contribution >= 0.6 is 0 Å². The molecule has 100 valence electrons. The molecule has 1 aromatic carbocycles. The molecule has 1 amide bonds. The quantitative estimate of drug-likeness (QED) is 0.693. The van der Waals surface area contributed by atoms with E-state index in [1.807, 2.05) is 0 Å². The summed E-state index contributed by atoms with van der Waals surface area (Å²) in [5, 5.41) is 12.0. The number of carbonyl (C=O) groups is 1. The highest BCUT2D eigenvalue weighted by atomic mass is 16.3. The molecule has 1 aromatic rings. The molecule has 18 heavy (non-hydrogen) atoms. The van der Waals surface area contributed by atoms with Crippen LogP contribution in [0.1, 0.15) is 55.8 Å². The van der Waals surface area contributed by atoms with Gasteiger partial charge in [0.2, 0.25) is 0 Å². The van der Waals surface area contributed by atoms with E-state index in [9.17, 15) is 4.79 Å². The Morgan fingerprint density at radius 3 is 2.33 bits per heavy atom. The van der Waals surface area contributed by atoms with E-state index in [1.54, 1.807) is 12.1 Å². The molecule has 0 spiro atoms. The van der Waals surface area contributed by atoms with Crippen LogP contribution in [0.2, 0.25) is 0 Å². The van der Waals surface area contributed by atoms with Crippen LogP contribution in [0.5, 0.6) is 5.75 Å². The van der Waals surface area contributed by atoms with Gasteiger partial charge in [-0.25, -0.2) is 0 Å². The predicted octanol–water partition coefficient (Wildman–Crippen LogP) is 3.48. The molecule has 0 radical (unpaired) electrons. The first kappa shape index (κ1) is 14.6. The summed E-state index contributed by atoms with van der Waals surface area (Å²) in [6.07, 6.45) is 7.33. The lowest BCUT2D eigenvalue weighted by Crippen LogP contribution is -2.24. The van der Waals surface area contributed by atoms with Crippen LogP contribution in [0.3, 0.4) is 0 Å².